The Morgan fingerprint density at radius 3 is 2.57 bits per heavy atom. The average molecular weight is 309 g/mol. The smallest absolute Gasteiger partial charge is 0.250 e. The molecule has 0 aromatic carbocycles. The van der Waals surface area contributed by atoms with Gasteiger partial charge in [0.2, 0.25) is 5.91 Å². The van der Waals surface area contributed by atoms with Gasteiger partial charge in [0.25, 0.3) is 0 Å². The highest BCUT2D eigenvalue weighted by molar-refractivity contribution is 6.16. The summed E-state index contributed by atoms with van der Waals surface area (Å²) in [6, 6.07) is 1.59. The molecule has 116 valence electrons. The standard InChI is InChI=1S/C16H15N5O2/c1-9(2)21-7-13(12-6-19-8-20-16(12)21)14(22)10-3-11(15(17)23)5-18-4-10/h3-9H,1-2H3,(H2,17,23). The number of aromatic nitrogens is 4. The first kappa shape index (κ1) is 14.8. The molecule has 0 spiro atoms. The van der Waals surface area contributed by atoms with Gasteiger partial charge < -0.3 is 10.3 Å². The highest BCUT2D eigenvalue weighted by atomic mass is 16.1. The van der Waals surface area contributed by atoms with E-state index in [1.165, 1.54) is 24.8 Å². The maximum Gasteiger partial charge on any atom is 0.250 e. The van der Waals surface area contributed by atoms with Crippen LogP contribution in [0.1, 0.15) is 46.2 Å². The first-order valence-electron chi connectivity index (χ1n) is 7.09. The van der Waals surface area contributed by atoms with E-state index in [-0.39, 0.29) is 17.4 Å². The Bertz CT molecular complexity index is 914. The van der Waals surface area contributed by atoms with Crippen molar-refractivity contribution in [1.29, 1.82) is 0 Å². The second kappa shape index (κ2) is 5.60. The number of rotatable bonds is 4. The third kappa shape index (κ3) is 2.57. The Morgan fingerprint density at radius 2 is 1.87 bits per heavy atom. The lowest BCUT2D eigenvalue weighted by Gasteiger charge is -2.07. The van der Waals surface area contributed by atoms with Crippen molar-refractivity contribution in [3.63, 3.8) is 0 Å². The van der Waals surface area contributed by atoms with Crippen LogP contribution >= 0.6 is 0 Å². The van der Waals surface area contributed by atoms with Crippen LogP contribution in [0.15, 0.2) is 37.2 Å². The fourth-order valence-electron chi connectivity index (χ4n) is 2.42. The molecular weight excluding hydrogens is 294 g/mol. The van der Waals surface area contributed by atoms with E-state index in [2.05, 4.69) is 15.0 Å². The van der Waals surface area contributed by atoms with Gasteiger partial charge in [-0.3, -0.25) is 14.6 Å². The molecule has 0 saturated carbocycles. The van der Waals surface area contributed by atoms with Gasteiger partial charge in [0, 0.05) is 41.8 Å². The molecule has 0 aliphatic carbocycles. The molecule has 0 bridgehead atoms. The van der Waals surface area contributed by atoms with Gasteiger partial charge in [-0.25, -0.2) is 9.97 Å². The summed E-state index contributed by atoms with van der Waals surface area (Å²) in [4.78, 5) is 36.2. The number of primary amides is 1. The van der Waals surface area contributed by atoms with E-state index in [0.717, 1.165) is 0 Å². The second-order valence-corrected chi connectivity index (χ2v) is 5.46. The van der Waals surface area contributed by atoms with E-state index in [9.17, 15) is 9.59 Å². The number of nitrogens with zero attached hydrogens (tertiary/aromatic N) is 4. The average Bonchev–Trinajstić information content (AvgIpc) is 2.94. The summed E-state index contributed by atoms with van der Waals surface area (Å²) in [5, 5.41) is 0.663. The monoisotopic (exact) mass is 309 g/mol. The Balaban J connectivity index is 2.15. The summed E-state index contributed by atoms with van der Waals surface area (Å²) < 4.78 is 1.91. The number of amides is 1. The minimum absolute atomic E-state index is 0.143. The number of hydrogen-bond donors (Lipinski definition) is 1. The van der Waals surface area contributed by atoms with Crippen molar-refractivity contribution in [2.45, 2.75) is 19.9 Å². The van der Waals surface area contributed by atoms with Crippen LogP contribution in [-0.2, 0) is 0 Å². The molecule has 3 aromatic rings. The Morgan fingerprint density at radius 1 is 1.13 bits per heavy atom. The van der Waals surface area contributed by atoms with Crippen LogP contribution in [0, 0.1) is 0 Å². The van der Waals surface area contributed by atoms with Gasteiger partial charge in [0.1, 0.15) is 12.0 Å². The molecular formula is C16H15N5O2. The van der Waals surface area contributed by atoms with Crippen molar-refractivity contribution in [3.05, 3.63) is 53.9 Å². The maximum absolute atomic E-state index is 12.8. The van der Waals surface area contributed by atoms with Crippen LogP contribution in [0.4, 0.5) is 0 Å². The molecule has 1 amide bonds. The van der Waals surface area contributed by atoms with E-state index in [1.54, 1.807) is 12.4 Å². The molecule has 2 N–H and O–H groups in total. The molecule has 0 atom stereocenters. The zero-order chi connectivity index (χ0) is 16.6. The molecule has 0 aliphatic heterocycles. The van der Waals surface area contributed by atoms with Gasteiger partial charge in [-0.15, -0.1) is 0 Å². The number of carbonyl (C=O) groups excluding carboxylic acids is 2. The lowest BCUT2D eigenvalue weighted by molar-refractivity contribution is 0.1000. The minimum Gasteiger partial charge on any atom is -0.366 e. The zero-order valence-electron chi connectivity index (χ0n) is 12.7. The third-order valence-electron chi connectivity index (χ3n) is 3.58. The molecule has 0 radical (unpaired) electrons. The van der Waals surface area contributed by atoms with Crippen LogP contribution in [0.2, 0.25) is 0 Å². The summed E-state index contributed by atoms with van der Waals surface area (Å²) >= 11 is 0. The number of fused-ring (bicyclic) bond motifs is 1. The van der Waals surface area contributed by atoms with Gasteiger partial charge in [0.05, 0.1) is 11.1 Å². The highest BCUT2D eigenvalue weighted by Crippen LogP contribution is 2.24. The van der Waals surface area contributed by atoms with Gasteiger partial charge in [-0.05, 0) is 19.9 Å². The molecule has 0 unspecified atom stereocenters. The van der Waals surface area contributed by atoms with Crippen molar-refractivity contribution >= 4 is 22.7 Å². The molecule has 3 aromatic heterocycles. The number of nitrogens with two attached hydrogens (primary N) is 1. The number of carbonyl (C=O) groups is 2. The van der Waals surface area contributed by atoms with Crippen LogP contribution in [0.3, 0.4) is 0 Å². The number of pyridine rings is 1. The number of hydrogen-bond acceptors (Lipinski definition) is 5. The van der Waals surface area contributed by atoms with Gasteiger partial charge in [-0.2, -0.15) is 0 Å². The van der Waals surface area contributed by atoms with Crippen LogP contribution in [-0.4, -0.2) is 31.2 Å². The molecule has 0 saturated heterocycles. The van der Waals surface area contributed by atoms with Crippen LogP contribution in [0.25, 0.3) is 11.0 Å². The fraction of sp³-hybridized carbons (Fsp3) is 0.188. The Hall–Kier alpha value is -3.09. The Kier molecular flexibility index (Phi) is 3.61. The second-order valence-electron chi connectivity index (χ2n) is 5.46. The van der Waals surface area contributed by atoms with Crippen molar-refractivity contribution < 1.29 is 9.59 Å². The quantitative estimate of drug-likeness (QED) is 0.739. The van der Waals surface area contributed by atoms with E-state index in [1.807, 2.05) is 18.4 Å². The van der Waals surface area contributed by atoms with Crippen LogP contribution in [0.5, 0.6) is 0 Å². The first-order valence-corrected chi connectivity index (χ1v) is 7.09. The summed E-state index contributed by atoms with van der Waals surface area (Å²) in [5.41, 5.74) is 6.90. The number of ketones is 1. The lowest BCUT2D eigenvalue weighted by atomic mass is 10.0. The minimum atomic E-state index is -0.625. The van der Waals surface area contributed by atoms with Gasteiger partial charge >= 0.3 is 0 Å². The molecule has 7 heteroatoms. The molecule has 3 rings (SSSR count). The summed E-state index contributed by atoms with van der Waals surface area (Å²) in [5.74, 6) is -0.875. The molecule has 23 heavy (non-hydrogen) atoms. The molecule has 3 heterocycles. The summed E-state index contributed by atoms with van der Waals surface area (Å²) in [6.45, 7) is 4.01. The third-order valence-corrected chi connectivity index (χ3v) is 3.58. The highest BCUT2D eigenvalue weighted by Gasteiger charge is 2.19. The lowest BCUT2D eigenvalue weighted by Crippen LogP contribution is -2.13. The van der Waals surface area contributed by atoms with Crippen molar-refractivity contribution in [1.82, 2.24) is 19.5 Å². The van der Waals surface area contributed by atoms with E-state index >= 15 is 0 Å². The van der Waals surface area contributed by atoms with Gasteiger partial charge in [0.15, 0.2) is 5.78 Å². The van der Waals surface area contributed by atoms with E-state index < -0.39 is 5.91 Å². The topological polar surface area (TPSA) is 104 Å². The maximum atomic E-state index is 12.8. The fourth-order valence-corrected chi connectivity index (χ4v) is 2.42. The largest absolute Gasteiger partial charge is 0.366 e. The normalized spacial score (nSPS) is 11.1. The predicted octanol–water partition coefficient (Wildman–Crippen LogP) is 1.74. The molecule has 7 nitrogen and oxygen atoms in total. The summed E-state index contributed by atoms with van der Waals surface area (Å²) in [7, 11) is 0. The predicted molar refractivity (Wildman–Crippen MR) is 84.1 cm³/mol. The Labute approximate surface area is 132 Å². The van der Waals surface area contributed by atoms with Crippen molar-refractivity contribution in [2.75, 3.05) is 0 Å². The summed E-state index contributed by atoms with van der Waals surface area (Å²) in [6.07, 6.45) is 7.56. The molecule has 0 fully saturated rings. The van der Waals surface area contributed by atoms with Crippen molar-refractivity contribution in [2.24, 2.45) is 5.73 Å². The van der Waals surface area contributed by atoms with Gasteiger partial charge in [-0.1, -0.05) is 0 Å². The zero-order valence-corrected chi connectivity index (χ0v) is 12.7. The van der Waals surface area contributed by atoms with Crippen molar-refractivity contribution in [3.8, 4) is 0 Å². The van der Waals surface area contributed by atoms with E-state index in [4.69, 9.17) is 5.73 Å². The SMILES string of the molecule is CC(C)n1cc(C(=O)c2cncc(C(N)=O)c2)c2cncnc21. The van der Waals surface area contributed by atoms with E-state index in [0.29, 0.717) is 22.2 Å². The van der Waals surface area contributed by atoms with Crippen LogP contribution < -0.4 is 5.73 Å². The molecule has 0 aliphatic rings. The first-order chi connectivity index (χ1) is 11.0.